The summed E-state index contributed by atoms with van der Waals surface area (Å²) in [5.74, 6) is -0.585. The Bertz CT molecular complexity index is 939. The summed E-state index contributed by atoms with van der Waals surface area (Å²) in [6.07, 6.45) is 2.28. The molecule has 0 atom stereocenters. The number of aromatic nitrogens is 1. The Morgan fingerprint density at radius 2 is 1.67 bits per heavy atom. The Hall–Kier alpha value is -3.47. The van der Waals surface area contributed by atoms with Gasteiger partial charge in [0.2, 0.25) is 0 Å². The SMILES string of the molecule is CCc1ccccc1NC(=O)c1cc(C(=O)NCc2ccccc2)ccn1. The summed E-state index contributed by atoms with van der Waals surface area (Å²) in [5.41, 5.74) is 3.41. The lowest BCUT2D eigenvalue weighted by Crippen LogP contribution is -2.23. The van der Waals surface area contributed by atoms with Crippen molar-refractivity contribution in [2.45, 2.75) is 19.9 Å². The quantitative estimate of drug-likeness (QED) is 0.703. The average Bonchev–Trinajstić information content (AvgIpc) is 2.73. The summed E-state index contributed by atoms with van der Waals surface area (Å²) in [5, 5.41) is 5.72. The Morgan fingerprint density at radius 1 is 0.926 bits per heavy atom. The topological polar surface area (TPSA) is 71.1 Å². The van der Waals surface area contributed by atoms with Crippen molar-refractivity contribution in [3.05, 3.63) is 95.3 Å². The highest BCUT2D eigenvalue weighted by molar-refractivity contribution is 6.05. The van der Waals surface area contributed by atoms with Gasteiger partial charge in [0.05, 0.1) is 0 Å². The van der Waals surface area contributed by atoms with Gasteiger partial charge in [-0.25, -0.2) is 0 Å². The molecule has 0 aliphatic heterocycles. The molecule has 2 N–H and O–H groups in total. The molecule has 5 nitrogen and oxygen atoms in total. The van der Waals surface area contributed by atoms with E-state index in [-0.39, 0.29) is 17.5 Å². The number of para-hydroxylation sites is 1. The van der Waals surface area contributed by atoms with Crippen LogP contribution in [0.2, 0.25) is 0 Å². The smallest absolute Gasteiger partial charge is 0.274 e. The van der Waals surface area contributed by atoms with Crippen LogP contribution in [0, 0.1) is 0 Å². The van der Waals surface area contributed by atoms with Crippen molar-refractivity contribution >= 4 is 17.5 Å². The minimum Gasteiger partial charge on any atom is -0.348 e. The van der Waals surface area contributed by atoms with E-state index in [0.29, 0.717) is 12.1 Å². The summed E-state index contributed by atoms with van der Waals surface area (Å²) in [6, 6.07) is 20.4. The van der Waals surface area contributed by atoms with Gasteiger partial charge in [-0.2, -0.15) is 0 Å². The van der Waals surface area contributed by atoms with Crippen LogP contribution in [0.25, 0.3) is 0 Å². The molecule has 5 heteroatoms. The highest BCUT2D eigenvalue weighted by atomic mass is 16.2. The molecule has 136 valence electrons. The summed E-state index contributed by atoms with van der Waals surface area (Å²) >= 11 is 0. The maximum atomic E-state index is 12.5. The lowest BCUT2D eigenvalue weighted by Gasteiger charge is -2.10. The number of carbonyl (C=O) groups excluding carboxylic acids is 2. The average molecular weight is 359 g/mol. The van der Waals surface area contributed by atoms with Crippen molar-refractivity contribution in [2.75, 3.05) is 5.32 Å². The van der Waals surface area contributed by atoms with Crippen molar-refractivity contribution in [1.29, 1.82) is 0 Å². The molecule has 0 fully saturated rings. The Labute approximate surface area is 158 Å². The van der Waals surface area contributed by atoms with Crippen LogP contribution in [0.3, 0.4) is 0 Å². The molecule has 27 heavy (non-hydrogen) atoms. The maximum Gasteiger partial charge on any atom is 0.274 e. The lowest BCUT2D eigenvalue weighted by molar-refractivity contribution is 0.0951. The molecule has 3 aromatic rings. The second-order valence-electron chi connectivity index (χ2n) is 6.06. The third-order valence-electron chi connectivity index (χ3n) is 4.20. The van der Waals surface area contributed by atoms with Crippen molar-refractivity contribution in [2.24, 2.45) is 0 Å². The number of anilines is 1. The Morgan fingerprint density at radius 3 is 2.44 bits per heavy atom. The van der Waals surface area contributed by atoms with Gasteiger partial charge in [0, 0.05) is 24.0 Å². The van der Waals surface area contributed by atoms with E-state index in [1.54, 1.807) is 6.07 Å². The lowest BCUT2D eigenvalue weighted by atomic mass is 10.1. The standard InChI is InChI=1S/C22H21N3O2/c1-2-17-10-6-7-11-19(17)25-22(27)20-14-18(12-13-23-20)21(26)24-15-16-8-4-3-5-9-16/h3-14H,2,15H2,1H3,(H,24,26)(H,25,27). The molecule has 0 aliphatic rings. The fourth-order valence-corrected chi connectivity index (χ4v) is 2.71. The summed E-state index contributed by atoms with van der Waals surface area (Å²) < 4.78 is 0. The van der Waals surface area contributed by atoms with Gasteiger partial charge < -0.3 is 10.6 Å². The molecular weight excluding hydrogens is 338 g/mol. The van der Waals surface area contributed by atoms with Crippen molar-refractivity contribution in [3.8, 4) is 0 Å². The molecule has 0 spiro atoms. The third-order valence-corrected chi connectivity index (χ3v) is 4.20. The fraction of sp³-hybridized carbons (Fsp3) is 0.136. The number of nitrogens with one attached hydrogen (secondary N) is 2. The molecule has 2 amide bonds. The van der Waals surface area contributed by atoms with Crippen LogP contribution >= 0.6 is 0 Å². The van der Waals surface area contributed by atoms with Crippen LogP contribution in [0.1, 0.15) is 38.9 Å². The molecule has 3 rings (SSSR count). The first-order valence-corrected chi connectivity index (χ1v) is 8.85. The molecule has 1 heterocycles. The van der Waals surface area contributed by atoms with Gasteiger partial charge in [0.1, 0.15) is 5.69 Å². The van der Waals surface area contributed by atoms with Crippen molar-refractivity contribution in [1.82, 2.24) is 10.3 Å². The minimum absolute atomic E-state index is 0.202. The predicted molar refractivity (Wildman–Crippen MR) is 106 cm³/mol. The minimum atomic E-state index is -0.339. The molecule has 0 bridgehead atoms. The van der Waals surface area contributed by atoms with Crippen LogP contribution in [0.5, 0.6) is 0 Å². The van der Waals surface area contributed by atoms with Crippen molar-refractivity contribution in [3.63, 3.8) is 0 Å². The van der Waals surface area contributed by atoms with Crippen LogP contribution in [0.15, 0.2) is 72.9 Å². The number of amides is 2. The molecule has 0 aliphatic carbocycles. The highest BCUT2D eigenvalue weighted by Gasteiger charge is 2.13. The predicted octanol–water partition coefficient (Wildman–Crippen LogP) is 3.83. The van der Waals surface area contributed by atoms with E-state index in [4.69, 9.17) is 0 Å². The summed E-state index contributed by atoms with van der Waals surface area (Å²) in [7, 11) is 0. The number of benzene rings is 2. The van der Waals surface area contributed by atoms with Crippen molar-refractivity contribution < 1.29 is 9.59 Å². The Balaban J connectivity index is 1.69. The molecule has 1 aromatic heterocycles. The maximum absolute atomic E-state index is 12.5. The van der Waals surface area contributed by atoms with E-state index >= 15 is 0 Å². The molecular formula is C22H21N3O2. The third kappa shape index (κ3) is 4.79. The molecule has 0 saturated heterocycles. The van der Waals surface area contributed by atoms with Gasteiger partial charge in [0.25, 0.3) is 11.8 Å². The second kappa shape index (κ2) is 8.76. The van der Waals surface area contributed by atoms with Crippen LogP contribution in [0.4, 0.5) is 5.69 Å². The Kier molecular flexibility index (Phi) is 5.94. The van der Waals surface area contributed by atoms with Gasteiger partial charge in [-0.1, -0.05) is 55.5 Å². The zero-order chi connectivity index (χ0) is 19.1. The van der Waals surface area contributed by atoms with Crippen LogP contribution in [-0.4, -0.2) is 16.8 Å². The second-order valence-corrected chi connectivity index (χ2v) is 6.06. The number of hydrogen-bond donors (Lipinski definition) is 2. The van der Waals surface area contributed by atoms with E-state index in [1.165, 1.54) is 12.3 Å². The van der Waals surface area contributed by atoms with E-state index in [1.807, 2.05) is 61.5 Å². The normalized spacial score (nSPS) is 10.3. The number of hydrogen-bond acceptors (Lipinski definition) is 3. The fourth-order valence-electron chi connectivity index (χ4n) is 2.71. The zero-order valence-corrected chi connectivity index (χ0v) is 15.1. The van der Waals surface area contributed by atoms with E-state index in [9.17, 15) is 9.59 Å². The molecule has 0 radical (unpaired) electrons. The van der Waals surface area contributed by atoms with Gasteiger partial charge >= 0.3 is 0 Å². The van der Waals surface area contributed by atoms with E-state index in [0.717, 1.165) is 23.2 Å². The number of carbonyl (C=O) groups is 2. The monoisotopic (exact) mass is 359 g/mol. The van der Waals surface area contributed by atoms with E-state index in [2.05, 4.69) is 15.6 Å². The number of aryl methyl sites for hydroxylation is 1. The number of rotatable bonds is 6. The molecule has 0 saturated carbocycles. The van der Waals surface area contributed by atoms with Gasteiger partial charge in [0.15, 0.2) is 0 Å². The molecule has 0 unspecified atom stereocenters. The summed E-state index contributed by atoms with van der Waals surface area (Å²) in [4.78, 5) is 29.0. The number of nitrogens with zero attached hydrogens (tertiary/aromatic N) is 1. The first-order valence-electron chi connectivity index (χ1n) is 8.85. The van der Waals surface area contributed by atoms with Crippen LogP contribution in [-0.2, 0) is 13.0 Å². The molecule has 2 aromatic carbocycles. The van der Waals surface area contributed by atoms with E-state index < -0.39 is 0 Å². The van der Waals surface area contributed by atoms with Gasteiger partial charge in [-0.15, -0.1) is 0 Å². The zero-order valence-electron chi connectivity index (χ0n) is 15.1. The van der Waals surface area contributed by atoms with Gasteiger partial charge in [-0.05, 0) is 35.7 Å². The van der Waals surface area contributed by atoms with Gasteiger partial charge in [-0.3, -0.25) is 14.6 Å². The first kappa shape index (κ1) is 18.3. The largest absolute Gasteiger partial charge is 0.348 e. The first-order chi connectivity index (χ1) is 13.2. The summed E-state index contributed by atoms with van der Waals surface area (Å²) in [6.45, 7) is 2.45. The number of pyridine rings is 1. The van der Waals surface area contributed by atoms with Crippen LogP contribution < -0.4 is 10.6 Å². The highest BCUT2D eigenvalue weighted by Crippen LogP contribution is 2.16.